The molecule has 4 rings (SSSR count). The molecule has 0 unspecified atom stereocenters. The second kappa shape index (κ2) is 7.13. The van der Waals surface area contributed by atoms with Gasteiger partial charge in [0.25, 0.3) is 5.91 Å². The number of fused-ring (bicyclic) bond motifs is 1. The summed E-state index contributed by atoms with van der Waals surface area (Å²) in [6.07, 6.45) is 0. The van der Waals surface area contributed by atoms with Gasteiger partial charge in [-0.25, -0.2) is 4.98 Å². The van der Waals surface area contributed by atoms with Crippen LogP contribution in [0.3, 0.4) is 0 Å². The largest absolute Gasteiger partial charge is 0.345 e. The van der Waals surface area contributed by atoms with Crippen molar-refractivity contribution in [3.8, 4) is 0 Å². The molecule has 2 heterocycles. The van der Waals surface area contributed by atoms with Gasteiger partial charge < -0.3 is 9.80 Å². The Morgan fingerprint density at radius 3 is 2.56 bits per heavy atom. The van der Waals surface area contributed by atoms with E-state index in [9.17, 15) is 4.79 Å². The highest BCUT2D eigenvalue weighted by atomic mass is 35.5. The van der Waals surface area contributed by atoms with E-state index in [1.807, 2.05) is 56.0 Å². The molecule has 0 spiro atoms. The number of hydrogen-bond donors (Lipinski definition) is 0. The van der Waals surface area contributed by atoms with Gasteiger partial charge in [-0.1, -0.05) is 40.6 Å². The topological polar surface area (TPSA) is 36.4 Å². The molecule has 0 N–H and O–H groups in total. The molecule has 1 fully saturated rings. The predicted molar refractivity (Wildman–Crippen MR) is 113 cm³/mol. The van der Waals surface area contributed by atoms with Crippen LogP contribution in [0.15, 0.2) is 30.3 Å². The minimum Gasteiger partial charge on any atom is -0.345 e. The summed E-state index contributed by atoms with van der Waals surface area (Å²) >= 11 is 7.92. The van der Waals surface area contributed by atoms with Crippen LogP contribution in [0.2, 0.25) is 5.02 Å². The molecule has 1 amide bonds. The Morgan fingerprint density at radius 2 is 1.81 bits per heavy atom. The van der Waals surface area contributed by atoms with Crippen LogP contribution in [0, 0.1) is 20.8 Å². The van der Waals surface area contributed by atoms with Crippen molar-refractivity contribution >= 4 is 44.2 Å². The van der Waals surface area contributed by atoms with Gasteiger partial charge >= 0.3 is 0 Å². The summed E-state index contributed by atoms with van der Waals surface area (Å²) in [5.74, 6) is 0.128. The average molecular weight is 400 g/mol. The lowest BCUT2D eigenvalue weighted by Crippen LogP contribution is -2.48. The second-order valence-corrected chi connectivity index (χ2v) is 8.53. The van der Waals surface area contributed by atoms with Crippen molar-refractivity contribution in [2.24, 2.45) is 0 Å². The number of amides is 1. The number of hydrogen-bond acceptors (Lipinski definition) is 4. The number of piperazine rings is 1. The first kappa shape index (κ1) is 18.3. The Hall–Kier alpha value is -2.11. The number of thiazole rings is 1. The molecule has 0 radical (unpaired) electrons. The molecule has 0 atom stereocenters. The Bertz CT molecular complexity index is 1020. The standard InChI is InChI=1S/C21H22ClN3OS/c1-13-4-5-14(2)16(12-13)20(26)24-8-10-25(11-9-24)21-23-19-15(3)17(22)6-7-18(19)27-21/h4-7,12H,8-11H2,1-3H3. The molecule has 1 aromatic heterocycles. The molecule has 27 heavy (non-hydrogen) atoms. The third-order valence-corrected chi connectivity index (χ3v) is 6.69. The maximum atomic E-state index is 12.9. The maximum Gasteiger partial charge on any atom is 0.254 e. The highest BCUT2D eigenvalue weighted by molar-refractivity contribution is 7.22. The van der Waals surface area contributed by atoms with Crippen molar-refractivity contribution < 1.29 is 4.79 Å². The van der Waals surface area contributed by atoms with E-state index in [2.05, 4.69) is 4.90 Å². The molecule has 0 saturated carbocycles. The highest BCUT2D eigenvalue weighted by Crippen LogP contribution is 2.33. The molecule has 1 aliphatic heterocycles. The van der Waals surface area contributed by atoms with Crippen LogP contribution in [-0.4, -0.2) is 42.0 Å². The SMILES string of the molecule is Cc1ccc(C)c(C(=O)N2CCN(c3nc4c(C)c(Cl)ccc4s3)CC2)c1. The molecule has 4 nitrogen and oxygen atoms in total. The summed E-state index contributed by atoms with van der Waals surface area (Å²) in [6, 6.07) is 10.0. The fourth-order valence-electron chi connectivity index (χ4n) is 3.46. The van der Waals surface area contributed by atoms with E-state index in [1.54, 1.807) is 11.3 Å². The fraction of sp³-hybridized carbons (Fsp3) is 0.333. The number of anilines is 1. The molecule has 140 valence electrons. The van der Waals surface area contributed by atoms with Crippen molar-refractivity contribution in [1.82, 2.24) is 9.88 Å². The van der Waals surface area contributed by atoms with E-state index in [1.165, 1.54) is 0 Å². The first-order chi connectivity index (χ1) is 12.9. The normalized spacial score (nSPS) is 14.8. The van der Waals surface area contributed by atoms with Gasteiger partial charge in [0.1, 0.15) is 0 Å². The molecule has 6 heteroatoms. The lowest BCUT2D eigenvalue weighted by Gasteiger charge is -2.34. The third kappa shape index (κ3) is 3.42. The van der Waals surface area contributed by atoms with Crippen LogP contribution in [0.4, 0.5) is 5.13 Å². The molecule has 2 aromatic carbocycles. The van der Waals surface area contributed by atoms with Crippen LogP contribution in [0.5, 0.6) is 0 Å². The van der Waals surface area contributed by atoms with Crippen LogP contribution in [0.25, 0.3) is 10.2 Å². The summed E-state index contributed by atoms with van der Waals surface area (Å²) in [5.41, 5.74) is 4.98. The van der Waals surface area contributed by atoms with Crippen molar-refractivity contribution in [1.29, 1.82) is 0 Å². The first-order valence-electron chi connectivity index (χ1n) is 9.11. The van der Waals surface area contributed by atoms with Gasteiger partial charge in [0.15, 0.2) is 5.13 Å². The minimum atomic E-state index is 0.128. The number of benzene rings is 2. The summed E-state index contributed by atoms with van der Waals surface area (Å²) in [5, 5.41) is 1.76. The van der Waals surface area contributed by atoms with E-state index < -0.39 is 0 Å². The summed E-state index contributed by atoms with van der Waals surface area (Å²) in [6.45, 7) is 9.04. The third-order valence-electron chi connectivity index (χ3n) is 5.20. The van der Waals surface area contributed by atoms with Gasteiger partial charge in [-0.3, -0.25) is 4.79 Å². The molecule has 1 aliphatic rings. The van der Waals surface area contributed by atoms with Crippen LogP contribution in [-0.2, 0) is 0 Å². The van der Waals surface area contributed by atoms with Gasteiger partial charge in [0.05, 0.1) is 10.2 Å². The Kier molecular flexibility index (Phi) is 4.82. The quantitative estimate of drug-likeness (QED) is 0.618. The smallest absolute Gasteiger partial charge is 0.254 e. The Balaban J connectivity index is 1.50. The predicted octanol–water partition coefficient (Wildman–Crippen LogP) is 4.84. The van der Waals surface area contributed by atoms with Crippen LogP contribution >= 0.6 is 22.9 Å². The lowest BCUT2D eigenvalue weighted by molar-refractivity contribution is 0.0746. The summed E-state index contributed by atoms with van der Waals surface area (Å²) in [4.78, 5) is 21.9. The average Bonchev–Trinajstić information content (AvgIpc) is 3.11. The van der Waals surface area contributed by atoms with E-state index in [0.717, 1.165) is 55.7 Å². The van der Waals surface area contributed by atoms with E-state index in [0.29, 0.717) is 13.1 Å². The number of nitrogens with zero attached hydrogens (tertiary/aromatic N) is 3. The van der Waals surface area contributed by atoms with E-state index in [4.69, 9.17) is 16.6 Å². The van der Waals surface area contributed by atoms with Crippen LogP contribution in [0.1, 0.15) is 27.0 Å². The maximum absolute atomic E-state index is 12.9. The zero-order valence-corrected chi connectivity index (χ0v) is 17.3. The van der Waals surface area contributed by atoms with Gasteiger partial charge in [0.2, 0.25) is 0 Å². The van der Waals surface area contributed by atoms with E-state index in [-0.39, 0.29) is 5.91 Å². The van der Waals surface area contributed by atoms with Gasteiger partial charge in [-0.2, -0.15) is 0 Å². The van der Waals surface area contributed by atoms with Crippen molar-refractivity contribution in [2.45, 2.75) is 20.8 Å². The number of halogens is 1. The zero-order chi connectivity index (χ0) is 19.1. The highest BCUT2D eigenvalue weighted by Gasteiger charge is 2.25. The van der Waals surface area contributed by atoms with Crippen molar-refractivity contribution in [3.05, 3.63) is 57.6 Å². The molecule has 1 saturated heterocycles. The lowest BCUT2D eigenvalue weighted by atomic mass is 10.0. The Labute approximate surface area is 168 Å². The second-order valence-electron chi connectivity index (χ2n) is 7.11. The van der Waals surface area contributed by atoms with Crippen molar-refractivity contribution in [2.75, 3.05) is 31.1 Å². The van der Waals surface area contributed by atoms with Crippen LogP contribution < -0.4 is 4.90 Å². The number of carbonyl (C=O) groups is 1. The van der Waals surface area contributed by atoms with E-state index >= 15 is 0 Å². The Morgan fingerprint density at radius 1 is 1.07 bits per heavy atom. The van der Waals surface area contributed by atoms with Crippen molar-refractivity contribution in [3.63, 3.8) is 0 Å². The fourth-order valence-corrected chi connectivity index (χ4v) is 4.69. The molecule has 0 bridgehead atoms. The number of carbonyl (C=O) groups excluding carboxylic acids is 1. The number of aromatic nitrogens is 1. The van der Waals surface area contributed by atoms with Gasteiger partial charge in [-0.15, -0.1) is 0 Å². The summed E-state index contributed by atoms with van der Waals surface area (Å²) < 4.78 is 1.15. The monoisotopic (exact) mass is 399 g/mol. The molecule has 0 aliphatic carbocycles. The zero-order valence-electron chi connectivity index (χ0n) is 15.8. The molecular formula is C21H22ClN3OS. The van der Waals surface area contributed by atoms with Gasteiger partial charge in [0, 0.05) is 36.8 Å². The number of rotatable bonds is 2. The first-order valence-corrected chi connectivity index (χ1v) is 10.3. The van der Waals surface area contributed by atoms with Gasteiger partial charge in [-0.05, 0) is 50.1 Å². The summed E-state index contributed by atoms with van der Waals surface area (Å²) in [7, 11) is 0. The molecular weight excluding hydrogens is 378 g/mol. The molecule has 3 aromatic rings. The minimum absolute atomic E-state index is 0.128. The number of aryl methyl sites for hydroxylation is 3.